The summed E-state index contributed by atoms with van der Waals surface area (Å²) < 4.78 is 0. The summed E-state index contributed by atoms with van der Waals surface area (Å²) in [6.45, 7) is 5.31. The first kappa shape index (κ1) is 28.4. The molecule has 0 amide bonds. The third-order valence-corrected chi connectivity index (χ3v) is 14.0. The van der Waals surface area contributed by atoms with Crippen LogP contribution in [-0.4, -0.2) is 14.8 Å². The monoisotopic (exact) mass is 608 g/mol. The predicted octanol–water partition coefficient (Wildman–Crippen LogP) is 8.48. The minimum atomic E-state index is -2.01. The third-order valence-electron chi connectivity index (χ3n) is 10.4. The van der Waals surface area contributed by atoms with Crippen molar-refractivity contribution < 1.29 is 0 Å². The number of hydrogen-bond acceptors (Lipinski definition) is 2. The zero-order valence-electron chi connectivity index (χ0n) is 24.8. The van der Waals surface area contributed by atoms with Crippen LogP contribution >= 0.6 is 0 Å². The van der Waals surface area contributed by atoms with Crippen LogP contribution in [-0.2, 0) is 0 Å². The quantitative estimate of drug-likeness (QED) is 0.182. The fraction of sp³-hybridized carbons (Fsp3) is 0.0952. The molecule has 4 heteroatoms. The standard InChI is InChI=1S/C40H29BN2Si.2CH4/c1-44(2)36-18-8-16-34-39(36)41-38-32(42(34)30-22-20-26-10-3-5-12-28(26)24-30)14-7-15-33(38)43(35-17-9-19-37(44)40(35)41)31-23-21-27-11-4-6-13-29(27)25-31;;/h3-25H,1-2H3;2*1H4. The number of rotatable bonds is 2. The first-order chi connectivity index (χ1) is 21.6. The maximum Gasteiger partial charge on any atom is 0.251 e. The largest absolute Gasteiger partial charge is 0.311 e. The van der Waals surface area contributed by atoms with Crippen LogP contribution in [0.25, 0.3) is 21.5 Å². The SMILES string of the molecule is C.C.C[Si]1(C)c2cccc3c2B2c4c(cccc4N(c4ccc5ccccc5c4)c4cccc1c42)N3c1ccc2ccccc2c1. The van der Waals surface area contributed by atoms with E-state index in [1.807, 2.05) is 0 Å². The van der Waals surface area contributed by atoms with Crippen LogP contribution in [0.3, 0.4) is 0 Å². The lowest BCUT2D eigenvalue weighted by atomic mass is 9.33. The van der Waals surface area contributed by atoms with E-state index in [1.165, 1.54) is 72.1 Å². The van der Waals surface area contributed by atoms with Crippen molar-refractivity contribution >= 4 is 97.2 Å². The van der Waals surface area contributed by atoms with Crippen LogP contribution in [0.15, 0.2) is 140 Å². The van der Waals surface area contributed by atoms with Gasteiger partial charge in [0.2, 0.25) is 0 Å². The molecule has 2 nitrogen and oxygen atoms in total. The van der Waals surface area contributed by atoms with Gasteiger partial charge >= 0.3 is 0 Å². The second-order valence-corrected chi connectivity index (χ2v) is 17.3. The minimum absolute atomic E-state index is 0. The molecule has 0 radical (unpaired) electrons. The fourth-order valence-corrected chi connectivity index (χ4v) is 11.7. The topological polar surface area (TPSA) is 6.48 Å². The molecule has 0 saturated heterocycles. The highest BCUT2D eigenvalue weighted by molar-refractivity contribution is 7.16. The number of hydrogen-bond donors (Lipinski definition) is 0. The Labute approximate surface area is 273 Å². The molecule has 0 N–H and O–H groups in total. The van der Waals surface area contributed by atoms with Gasteiger partial charge in [-0.05, 0) is 86.5 Å². The Morgan fingerprint density at radius 3 is 1.26 bits per heavy atom. The molecule has 0 bridgehead atoms. The van der Waals surface area contributed by atoms with Gasteiger partial charge in [-0.25, -0.2) is 0 Å². The molecule has 222 valence electrons. The number of benzene rings is 7. The van der Waals surface area contributed by atoms with Gasteiger partial charge in [0.1, 0.15) is 8.07 Å². The summed E-state index contributed by atoms with van der Waals surface area (Å²) in [5, 5.41) is 8.20. The summed E-state index contributed by atoms with van der Waals surface area (Å²) in [6.07, 6.45) is 0. The third kappa shape index (κ3) is 3.59. The van der Waals surface area contributed by atoms with Gasteiger partial charge in [0.05, 0.1) is 0 Å². The highest BCUT2D eigenvalue weighted by Crippen LogP contribution is 2.45. The van der Waals surface area contributed by atoms with Crippen molar-refractivity contribution in [3.8, 4) is 0 Å². The second kappa shape index (κ2) is 9.97. The Bertz CT molecular complexity index is 2200. The molecule has 0 spiro atoms. The van der Waals surface area contributed by atoms with Crippen molar-refractivity contribution in [1.82, 2.24) is 0 Å². The molecule has 7 aromatic rings. The van der Waals surface area contributed by atoms with E-state index in [4.69, 9.17) is 0 Å². The van der Waals surface area contributed by atoms with Gasteiger partial charge in [-0.1, -0.05) is 129 Å². The lowest BCUT2D eigenvalue weighted by Crippen LogP contribution is -2.79. The molecule has 3 aliphatic rings. The minimum Gasteiger partial charge on any atom is -0.311 e. The zero-order valence-corrected chi connectivity index (χ0v) is 25.8. The maximum absolute atomic E-state index is 2.55. The van der Waals surface area contributed by atoms with E-state index in [1.54, 1.807) is 10.4 Å². The van der Waals surface area contributed by atoms with Crippen molar-refractivity contribution in [2.24, 2.45) is 0 Å². The van der Waals surface area contributed by atoms with Crippen LogP contribution in [0.4, 0.5) is 34.1 Å². The summed E-state index contributed by atoms with van der Waals surface area (Å²) >= 11 is 0. The lowest BCUT2D eigenvalue weighted by Gasteiger charge is -2.49. The second-order valence-electron chi connectivity index (χ2n) is 13.0. The Morgan fingerprint density at radius 2 is 0.804 bits per heavy atom. The van der Waals surface area contributed by atoms with Crippen molar-refractivity contribution in [2.45, 2.75) is 27.9 Å². The smallest absolute Gasteiger partial charge is 0.251 e. The Morgan fingerprint density at radius 1 is 0.413 bits per heavy atom. The van der Waals surface area contributed by atoms with Gasteiger partial charge in [-0.2, -0.15) is 0 Å². The van der Waals surface area contributed by atoms with Crippen molar-refractivity contribution in [2.75, 3.05) is 9.80 Å². The number of nitrogens with zero attached hydrogens (tertiary/aromatic N) is 2. The molecule has 7 aromatic carbocycles. The molecule has 0 fully saturated rings. The normalized spacial score (nSPS) is 14.4. The molecule has 0 aliphatic carbocycles. The van der Waals surface area contributed by atoms with Gasteiger partial charge < -0.3 is 9.80 Å². The average Bonchev–Trinajstić information content (AvgIpc) is 3.06. The molecule has 46 heavy (non-hydrogen) atoms. The summed E-state index contributed by atoms with van der Waals surface area (Å²) in [7, 11) is -2.01. The van der Waals surface area contributed by atoms with Crippen LogP contribution in [0.1, 0.15) is 14.9 Å². The van der Waals surface area contributed by atoms with Gasteiger partial charge in [0.25, 0.3) is 6.71 Å². The van der Waals surface area contributed by atoms with Crippen LogP contribution in [0.5, 0.6) is 0 Å². The van der Waals surface area contributed by atoms with Gasteiger partial charge in [0, 0.05) is 34.1 Å². The number of anilines is 6. The highest BCUT2D eigenvalue weighted by Gasteiger charge is 2.51. The van der Waals surface area contributed by atoms with Crippen molar-refractivity contribution in [3.05, 3.63) is 140 Å². The summed E-state index contributed by atoms with van der Waals surface area (Å²) in [4.78, 5) is 5.09. The molecular formula is C42H37BN2Si. The molecule has 10 rings (SSSR count). The Hall–Kier alpha value is -5.06. The Kier molecular flexibility index (Phi) is 6.16. The Balaban J connectivity index is 0.00000156. The van der Waals surface area contributed by atoms with Gasteiger partial charge in [-0.15, -0.1) is 0 Å². The van der Waals surface area contributed by atoms with Gasteiger partial charge in [-0.3, -0.25) is 0 Å². The molecular weight excluding hydrogens is 571 g/mol. The zero-order chi connectivity index (χ0) is 29.2. The molecule has 3 heterocycles. The van der Waals surface area contributed by atoms with Crippen LogP contribution in [0.2, 0.25) is 13.1 Å². The average molecular weight is 609 g/mol. The summed E-state index contributed by atoms with van der Waals surface area (Å²) in [6, 6.07) is 52.4. The molecule has 0 atom stereocenters. The summed E-state index contributed by atoms with van der Waals surface area (Å²) in [5.41, 5.74) is 12.1. The molecule has 0 aromatic heterocycles. The lowest BCUT2D eigenvalue weighted by molar-refractivity contribution is 1.26. The van der Waals surface area contributed by atoms with Crippen LogP contribution in [0, 0.1) is 0 Å². The predicted molar refractivity (Wildman–Crippen MR) is 206 cm³/mol. The molecule has 0 unspecified atom stereocenters. The van der Waals surface area contributed by atoms with Crippen LogP contribution < -0.4 is 36.6 Å². The fourth-order valence-electron chi connectivity index (χ4n) is 8.45. The van der Waals surface area contributed by atoms with E-state index in [9.17, 15) is 0 Å². The first-order valence-corrected chi connectivity index (χ1v) is 18.6. The van der Waals surface area contributed by atoms with Crippen molar-refractivity contribution in [3.63, 3.8) is 0 Å². The van der Waals surface area contributed by atoms with E-state index in [0.29, 0.717) is 0 Å². The van der Waals surface area contributed by atoms with Crippen molar-refractivity contribution in [1.29, 1.82) is 0 Å². The summed E-state index contributed by atoms with van der Waals surface area (Å²) in [5.74, 6) is 0. The molecule has 3 aliphatic heterocycles. The van der Waals surface area contributed by atoms with E-state index in [0.717, 1.165) is 0 Å². The number of fused-ring (bicyclic) bond motifs is 2. The van der Waals surface area contributed by atoms with E-state index >= 15 is 0 Å². The van der Waals surface area contributed by atoms with E-state index in [2.05, 4.69) is 162 Å². The first-order valence-electron chi connectivity index (χ1n) is 15.6. The maximum atomic E-state index is 2.55. The molecule has 0 saturated carbocycles. The highest BCUT2D eigenvalue weighted by atomic mass is 28.3. The van der Waals surface area contributed by atoms with E-state index < -0.39 is 8.07 Å². The van der Waals surface area contributed by atoms with E-state index in [-0.39, 0.29) is 21.6 Å². The van der Waals surface area contributed by atoms with Gasteiger partial charge in [0.15, 0.2) is 0 Å².